The first kappa shape index (κ1) is 14.0. The van der Waals surface area contributed by atoms with Crippen LogP contribution in [-0.2, 0) is 0 Å². The van der Waals surface area contributed by atoms with Gasteiger partial charge in [-0.1, -0.05) is 0 Å². The highest BCUT2D eigenvalue weighted by Gasteiger charge is 2.19. The summed E-state index contributed by atoms with van der Waals surface area (Å²) in [5.41, 5.74) is 6.91. The van der Waals surface area contributed by atoms with E-state index in [0.29, 0.717) is 22.9 Å². The minimum absolute atomic E-state index is 0.164. The van der Waals surface area contributed by atoms with Crippen molar-refractivity contribution in [1.29, 1.82) is 0 Å². The lowest BCUT2D eigenvalue weighted by molar-refractivity contribution is 0.206. The van der Waals surface area contributed by atoms with Gasteiger partial charge in [0.15, 0.2) is 0 Å². The lowest BCUT2D eigenvalue weighted by atomic mass is 10.2. The Bertz CT molecular complexity index is 532. The number of nitrogens with zero attached hydrogens (tertiary/aromatic N) is 4. The zero-order valence-electron chi connectivity index (χ0n) is 12.1. The molecule has 2 rings (SSSR count). The Labute approximate surface area is 118 Å². The van der Waals surface area contributed by atoms with Crippen molar-refractivity contribution in [3.8, 4) is 11.5 Å². The molecule has 1 heterocycles. The molecule has 20 heavy (non-hydrogen) atoms. The van der Waals surface area contributed by atoms with E-state index in [1.165, 1.54) is 0 Å². The Morgan fingerprint density at radius 3 is 2.20 bits per heavy atom. The van der Waals surface area contributed by atoms with Gasteiger partial charge in [0.05, 0.1) is 19.9 Å². The van der Waals surface area contributed by atoms with E-state index in [9.17, 15) is 0 Å². The summed E-state index contributed by atoms with van der Waals surface area (Å²) in [7, 11) is 6.99. The van der Waals surface area contributed by atoms with Crippen LogP contribution >= 0.6 is 0 Å². The van der Waals surface area contributed by atoms with Gasteiger partial charge in [-0.25, -0.2) is 0 Å². The largest absolute Gasteiger partial charge is 0.495 e. The molecule has 0 spiro atoms. The van der Waals surface area contributed by atoms with Gasteiger partial charge in [0.25, 0.3) is 0 Å². The van der Waals surface area contributed by atoms with Gasteiger partial charge in [-0.15, -0.1) is 10.2 Å². The third-order valence-corrected chi connectivity index (χ3v) is 3.07. The second kappa shape index (κ2) is 5.68. The molecular formula is C13H19N5O2. The maximum atomic E-state index is 5.84. The summed E-state index contributed by atoms with van der Waals surface area (Å²) in [6.45, 7) is 0. The van der Waals surface area contributed by atoms with E-state index < -0.39 is 0 Å². The quantitative estimate of drug-likeness (QED) is 0.673. The summed E-state index contributed by atoms with van der Waals surface area (Å²) in [5.74, 6) is 1.11. The number of anilines is 1. The third kappa shape index (κ3) is 2.61. The first-order valence-electron chi connectivity index (χ1n) is 6.11. The van der Waals surface area contributed by atoms with E-state index >= 15 is 0 Å². The molecule has 0 bridgehead atoms. The highest BCUT2D eigenvalue weighted by atomic mass is 16.5. The molecule has 7 heteroatoms. The molecule has 0 unspecified atom stereocenters. The van der Waals surface area contributed by atoms with Crippen LogP contribution in [0.4, 0.5) is 11.4 Å². The smallest absolute Gasteiger partial charge is 0.217 e. The molecule has 0 atom stereocenters. The normalized spacial score (nSPS) is 15.4. The van der Waals surface area contributed by atoms with Crippen LogP contribution < -0.4 is 15.2 Å². The number of hydrogen-bond donors (Lipinski definition) is 1. The zero-order valence-corrected chi connectivity index (χ0v) is 12.1. The lowest BCUT2D eigenvalue weighted by Gasteiger charge is -2.21. The van der Waals surface area contributed by atoms with Crippen molar-refractivity contribution >= 4 is 11.4 Å². The van der Waals surface area contributed by atoms with Gasteiger partial charge >= 0.3 is 0 Å². The summed E-state index contributed by atoms with van der Waals surface area (Å²) < 4.78 is 10.4. The van der Waals surface area contributed by atoms with Gasteiger partial charge in [-0.05, 0) is 0 Å². The van der Waals surface area contributed by atoms with E-state index in [1.54, 1.807) is 26.4 Å². The number of nitrogens with two attached hydrogens (primary N) is 1. The fourth-order valence-electron chi connectivity index (χ4n) is 1.91. The van der Waals surface area contributed by atoms with E-state index in [1.807, 2.05) is 36.3 Å². The average molecular weight is 277 g/mol. The van der Waals surface area contributed by atoms with E-state index in [-0.39, 0.29) is 6.29 Å². The molecule has 1 aromatic rings. The summed E-state index contributed by atoms with van der Waals surface area (Å²) in [5, 5.41) is 8.56. The van der Waals surface area contributed by atoms with Crippen LogP contribution in [0.1, 0.15) is 0 Å². The van der Waals surface area contributed by atoms with E-state index in [2.05, 4.69) is 10.2 Å². The molecule has 1 aromatic carbocycles. The maximum Gasteiger partial charge on any atom is 0.217 e. The Kier molecular flexibility index (Phi) is 3.97. The Morgan fingerprint density at radius 1 is 1.05 bits per heavy atom. The molecule has 0 amide bonds. The van der Waals surface area contributed by atoms with Crippen LogP contribution in [0, 0.1) is 0 Å². The molecule has 0 fully saturated rings. The predicted octanol–water partition coefficient (Wildman–Crippen LogP) is 2.00. The minimum Gasteiger partial charge on any atom is -0.495 e. The van der Waals surface area contributed by atoms with Crippen molar-refractivity contribution in [3.05, 3.63) is 24.5 Å². The molecule has 108 valence electrons. The van der Waals surface area contributed by atoms with Gasteiger partial charge in [-0.3, -0.25) is 0 Å². The van der Waals surface area contributed by atoms with Gasteiger partial charge < -0.3 is 25.0 Å². The second-order valence-electron chi connectivity index (χ2n) is 4.46. The molecule has 0 saturated heterocycles. The lowest BCUT2D eigenvalue weighted by Crippen LogP contribution is -2.31. The molecule has 0 radical (unpaired) electrons. The van der Waals surface area contributed by atoms with Crippen molar-refractivity contribution in [3.63, 3.8) is 0 Å². The van der Waals surface area contributed by atoms with Gasteiger partial charge in [0.1, 0.15) is 17.2 Å². The fraction of sp³-hybridized carbons (Fsp3) is 0.385. The van der Waals surface area contributed by atoms with Crippen molar-refractivity contribution in [1.82, 2.24) is 9.80 Å². The molecule has 1 aliphatic rings. The molecule has 0 aromatic heterocycles. The molecule has 1 aliphatic heterocycles. The number of azo groups is 1. The summed E-state index contributed by atoms with van der Waals surface area (Å²) in [6.07, 6.45) is 3.71. The van der Waals surface area contributed by atoms with Crippen molar-refractivity contribution in [2.24, 2.45) is 10.2 Å². The first-order chi connectivity index (χ1) is 9.56. The van der Waals surface area contributed by atoms with Crippen LogP contribution in [0.3, 0.4) is 0 Å². The van der Waals surface area contributed by atoms with E-state index in [0.717, 1.165) is 0 Å². The number of nitrogen functional groups attached to an aromatic ring is 1. The molecular weight excluding hydrogens is 258 g/mol. The predicted molar refractivity (Wildman–Crippen MR) is 76.9 cm³/mol. The topological polar surface area (TPSA) is 75.7 Å². The minimum atomic E-state index is -0.164. The van der Waals surface area contributed by atoms with Crippen LogP contribution in [0.15, 0.2) is 34.8 Å². The number of benzene rings is 1. The number of hydrogen-bond acceptors (Lipinski definition) is 7. The van der Waals surface area contributed by atoms with Crippen LogP contribution in [0.25, 0.3) is 0 Å². The van der Waals surface area contributed by atoms with Crippen LogP contribution in [0.5, 0.6) is 11.5 Å². The monoisotopic (exact) mass is 277 g/mol. The summed E-state index contributed by atoms with van der Waals surface area (Å²) in [6, 6.07) is 3.38. The fourth-order valence-corrected chi connectivity index (χ4v) is 1.91. The highest BCUT2D eigenvalue weighted by molar-refractivity contribution is 5.66. The Hall–Kier alpha value is -2.44. The Balaban J connectivity index is 2.28. The highest BCUT2D eigenvalue weighted by Crippen LogP contribution is 2.36. The van der Waals surface area contributed by atoms with Gasteiger partial charge in [-0.2, -0.15) is 0 Å². The number of methoxy groups -OCH3 is 2. The van der Waals surface area contributed by atoms with E-state index in [4.69, 9.17) is 15.2 Å². The van der Waals surface area contributed by atoms with Gasteiger partial charge in [0, 0.05) is 38.6 Å². The Morgan fingerprint density at radius 2 is 1.65 bits per heavy atom. The molecule has 0 saturated carbocycles. The third-order valence-electron chi connectivity index (χ3n) is 3.07. The zero-order chi connectivity index (χ0) is 14.7. The van der Waals surface area contributed by atoms with Gasteiger partial charge in [0.2, 0.25) is 6.29 Å². The summed E-state index contributed by atoms with van der Waals surface area (Å²) in [4.78, 5) is 3.90. The van der Waals surface area contributed by atoms with Crippen molar-refractivity contribution in [2.75, 3.05) is 34.0 Å². The second-order valence-corrected chi connectivity index (χ2v) is 4.46. The van der Waals surface area contributed by atoms with Crippen molar-refractivity contribution in [2.45, 2.75) is 6.29 Å². The summed E-state index contributed by atoms with van der Waals surface area (Å²) >= 11 is 0. The average Bonchev–Trinajstić information content (AvgIpc) is 2.76. The maximum absolute atomic E-state index is 5.84. The van der Waals surface area contributed by atoms with Crippen LogP contribution in [-0.4, -0.2) is 44.4 Å². The standard InChI is InChI=1S/C13H19N5O2/c1-17-5-6-18(2)13(17)16-15-10-8-11(19-3)9(14)7-12(10)20-4/h5-8,13H,14H2,1-4H3. The number of rotatable bonds is 4. The number of ether oxygens (including phenoxy) is 2. The SMILES string of the molecule is COc1cc(N=NC2N(C)C=CN2C)c(OC)cc1N. The molecule has 0 aliphatic carbocycles. The first-order valence-corrected chi connectivity index (χ1v) is 6.11. The molecule has 7 nitrogen and oxygen atoms in total. The van der Waals surface area contributed by atoms with Crippen LogP contribution in [0.2, 0.25) is 0 Å². The molecule has 2 N–H and O–H groups in total. The van der Waals surface area contributed by atoms with Crippen molar-refractivity contribution < 1.29 is 9.47 Å².